The van der Waals surface area contributed by atoms with Gasteiger partial charge in [0.2, 0.25) is 0 Å². The van der Waals surface area contributed by atoms with Gasteiger partial charge in [0.05, 0.1) is 16.8 Å². The lowest BCUT2D eigenvalue weighted by Gasteiger charge is -2.29. The highest BCUT2D eigenvalue weighted by Crippen LogP contribution is 2.44. The van der Waals surface area contributed by atoms with Gasteiger partial charge in [-0.1, -0.05) is 90.1 Å². The standard InChI is InChI=1S/C30H25N3O3S/c1-21(27-17-10-18-37-27)33-35-20-28(34)32-31-19-25-29(22-11-4-2-5-12-22)24-15-8-9-16-26(24)36-30(25)23-13-6-3-7-14-23/h2-19,29H,20H2,1H3,(H,32,34)/b31-19+,33-21-. The lowest BCUT2D eigenvalue weighted by molar-refractivity contribution is -0.125. The number of oxime groups is 1. The first-order valence-electron chi connectivity index (χ1n) is 11.8. The minimum atomic E-state index is -0.408. The zero-order chi connectivity index (χ0) is 25.5. The quantitative estimate of drug-likeness (QED) is 0.227. The van der Waals surface area contributed by atoms with Crippen molar-refractivity contribution in [1.82, 2.24) is 5.43 Å². The summed E-state index contributed by atoms with van der Waals surface area (Å²) in [4.78, 5) is 18.6. The Balaban J connectivity index is 1.41. The third kappa shape index (κ3) is 5.68. The van der Waals surface area contributed by atoms with Gasteiger partial charge in [-0.15, -0.1) is 11.3 Å². The first kappa shape index (κ1) is 24.2. The number of ether oxygens (including phenoxy) is 1. The average Bonchev–Trinajstić information content (AvgIpc) is 3.49. The number of hydrogen-bond donors (Lipinski definition) is 1. The number of para-hydroxylation sites is 1. The molecule has 0 aliphatic carbocycles. The van der Waals surface area contributed by atoms with E-state index in [0.717, 1.165) is 32.9 Å². The molecule has 1 amide bonds. The Hall–Kier alpha value is -4.49. The van der Waals surface area contributed by atoms with Crippen molar-refractivity contribution in [3.05, 3.63) is 130 Å². The smallest absolute Gasteiger partial charge is 0.280 e. The van der Waals surface area contributed by atoms with E-state index in [0.29, 0.717) is 11.5 Å². The lowest BCUT2D eigenvalue weighted by atomic mass is 9.82. The van der Waals surface area contributed by atoms with E-state index in [1.807, 2.05) is 91.2 Å². The van der Waals surface area contributed by atoms with E-state index in [2.05, 4.69) is 33.9 Å². The minimum absolute atomic E-state index is 0.128. The Morgan fingerprint density at radius 1 is 0.973 bits per heavy atom. The van der Waals surface area contributed by atoms with Crippen LogP contribution in [0.5, 0.6) is 5.75 Å². The summed E-state index contributed by atoms with van der Waals surface area (Å²) in [5.74, 6) is 0.952. The molecule has 7 heteroatoms. The number of nitrogens with zero attached hydrogens (tertiary/aromatic N) is 2. The minimum Gasteiger partial charge on any atom is -0.456 e. The molecule has 1 N–H and O–H groups in total. The van der Waals surface area contributed by atoms with Crippen molar-refractivity contribution >= 4 is 34.9 Å². The van der Waals surface area contributed by atoms with E-state index in [9.17, 15) is 4.79 Å². The number of fused-ring (bicyclic) bond motifs is 1. The third-order valence-corrected chi connectivity index (χ3v) is 6.83. The first-order valence-corrected chi connectivity index (χ1v) is 12.7. The number of hydrogen-bond acceptors (Lipinski definition) is 6. The molecule has 1 aliphatic rings. The highest BCUT2D eigenvalue weighted by atomic mass is 32.1. The molecule has 184 valence electrons. The van der Waals surface area contributed by atoms with Crippen LogP contribution < -0.4 is 10.2 Å². The fourth-order valence-corrected chi connectivity index (χ4v) is 4.82. The van der Waals surface area contributed by atoms with Gasteiger partial charge in [-0.25, -0.2) is 5.43 Å². The molecule has 1 aliphatic heterocycles. The highest BCUT2D eigenvalue weighted by molar-refractivity contribution is 7.12. The van der Waals surface area contributed by atoms with E-state index in [1.54, 1.807) is 17.6 Å². The van der Waals surface area contributed by atoms with Gasteiger partial charge in [0, 0.05) is 22.6 Å². The topological polar surface area (TPSA) is 72.3 Å². The number of hydrazone groups is 1. The summed E-state index contributed by atoms with van der Waals surface area (Å²) in [7, 11) is 0. The maximum Gasteiger partial charge on any atom is 0.280 e. The van der Waals surface area contributed by atoms with Crippen LogP contribution in [0.2, 0.25) is 0 Å². The summed E-state index contributed by atoms with van der Waals surface area (Å²) >= 11 is 1.56. The Morgan fingerprint density at radius 2 is 1.70 bits per heavy atom. The van der Waals surface area contributed by atoms with Crippen molar-refractivity contribution < 1.29 is 14.4 Å². The van der Waals surface area contributed by atoms with Crippen molar-refractivity contribution in [3.63, 3.8) is 0 Å². The van der Waals surface area contributed by atoms with E-state index >= 15 is 0 Å². The Bertz CT molecular complexity index is 1450. The molecule has 0 saturated carbocycles. The SMILES string of the molecule is C/C(=N/OCC(=O)N/N=C/C1=C(c2ccccc2)Oc2ccccc2C1c1ccccc1)c1cccs1. The number of rotatable bonds is 8. The fourth-order valence-electron chi connectivity index (χ4n) is 4.16. The largest absolute Gasteiger partial charge is 0.456 e. The number of nitrogens with one attached hydrogen (secondary N) is 1. The zero-order valence-electron chi connectivity index (χ0n) is 20.2. The Labute approximate surface area is 219 Å². The van der Waals surface area contributed by atoms with Crippen molar-refractivity contribution in [1.29, 1.82) is 0 Å². The lowest BCUT2D eigenvalue weighted by Crippen LogP contribution is -2.23. The van der Waals surface area contributed by atoms with Gasteiger partial charge in [0.15, 0.2) is 6.61 Å². The second kappa shape index (κ2) is 11.5. The average molecular weight is 508 g/mol. The normalized spacial score (nSPS) is 15.3. The van der Waals surface area contributed by atoms with Crippen LogP contribution >= 0.6 is 11.3 Å². The molecular formula is C30H25N3O3S. The zero-order valence-corrected chi connectivity index (χ0v) is 21.0. The molecule has 0 radical (unpaired) electrons. The van der Waals surface area contributed by atoms with E-state index in [-0.39, 0.29) is 12.5 Å². The molecule has 37 heavy (non-hydrogen) atoms. The van der Waals surface area contributed by atoms with Crippen LogP contribution in [-0.2, 0) is 9.63 Å². The summed E-state index contributed by atoms with van der Waals surface area (Å²) in [5.41, 5.74) is 7.16. The van der Waals surface area contributed by atoms with E-state index in [4.69, 9.17) is 9.57 Å². The first-order chi connectivity index (χ1) is 18.2. The van der Waals surface area contributed by atoms with Crippen LogP contribution in [0, 0.1) is 0 Å². The van der Waals surface area contributed by atoms with Gasteiger partial charge >= 0.3 is 0 Å². The van der Waals surface area contributed by atoms with Crippen molar-refractivity contribution in [2.45, 2.75) is 12.8 Å². The van der Waals surface area contributed by atoms with Crippen LogP contribution in [0.3, 0.4) is 0 Å². The number of benzene rings is 3. The molecule has 4 aromatic rings. The Kier molecular flexibility index (Phi) is 7.52. The maximum absolute atomic E-state index is 12.4. The van der Waals surface area contributed by atoms with Crippen LogP contribution in [0.25, 0.3) is 5.76 Å². The van der Waals surface area contributed by atoms with Gasteiger partial charge in [-0.2, -0.15) is 5.10 Å². The molecule has 1 atom stereocenters. The third-order valence-electron chi connectivity index (χ3n) is 5.85. The molecular weight excluding hydrogens is 482 g/mol. The molecule has 0 fully saturated rings. The summed E-state index contributed by atoms with van der Waals surface area (Å²) in [6.07, 6.45) is 1.66. The molecule has 3 aromatic carbocycles. The molecule has 0 spiro atoms. The molecule has 6 nitrogen and oxygen atoms in total. The van der Waals surface area contributed by atoms with E-state index in [1.165, 1.54) is 0 Å². The van der Waals surface area contributed by atoms with Gasteiger partial charge in [0.1, 0.15) is 11.5 Å². The summed E-state index contributed by atoms with van der Waals surface area (Å²) in [5, 5.41) is 10.3. The highest BCUT2D eigenvalue weighted by Gasteiger charge is 2.30. The summed E-state index contributed by atoms with van der Waals surface area (Å²) in [6, 6.07) is 32.0. The molecule has 0 saturated heterocycles. The second-order valence-corrected chi connectivity index (χ2v) is 9.30. The number of carbonyl (C=O) groups excluding carboxylic acids is 1. The molecule has 0 bridgehead atoms. The number of thiophene rings is 1. The maximum atomic E-state index is 12.4. The fraction of sp³-hybridized carbons (Fsp3) is 0.100. The predicted octanol–water partition coefficient (Wildman–Crippen LogP) is 6.23. The molecule has 1 aromatic heterocycles. The molecule has 1 unspecified atom stereocenters. The van der Waals surface area contributed by atoms with Crippen molar-refractivity contribution in [3.8, 4) is 5.75 Å². The van der Waals surface area contributed by atoms with Gasteiger partial charge < -0.3 is 9.57 Å². The van der Waals surface area contributed by atoms with Crippen LogP contribution in [0.4, 0.5) is 0 Å². The summed E-state index contributed by atoms with van der Waals surface area (Å²) < 4.78 is 6.40. The predicted molar refractivity (Wildman–Crippen MR) is 148 cm³/mol. The number of carbonyl (C=O) groups is 1. The van der Waals surface area contributed by atoms with E-state index < -0.39 is 5.91 Å². The van der Waals surface area contributed by atoms with Crippen molar-refractivity contribution in [2.24, 2.45) is 10.3 Å². The number of amides is 1. The van der Waals surface area contributed by atoms with Crippen LogP contribution in [0.1, 0.15) is 34.4 Å². The van der Waals surface area contributed by atoms with Crippen LogP contribution in [-0.4, -0.2) is 24.4 Å². The second-order valence-electron chi connectivity index (χ2n) is 8.35. The monoisotopic (exact) mass is 507 g/mol. The van der Waals surface area contributed by atoms with Gasteiger partial charge in [0.25, 0.3) is 5.91 Å². The molecule has 5 rings (SSSR count). The van der Waals surface area contributed by atoms with Crippen molar-refractivity contribution in [2.75, 3.05) is 6.61 Å². The summed E-state index contributed by atoms with van der Waals surface area (Å²) in [6.45, 7) is 1.59. The van der Waals surface area contributed by atoms with Gasteiger partial charge in [-0.3, -0.25) is 4.79 Å². The number of allylic oxidation sites excluding steroid dienone is 1. The Morgan fingerprint density at radius 3 is 2.46 bits per heavy atom. The molecule has 2 heterocycles. The van der Waals surface area contributed by atoms with Gasteiger partial charge in [-0.05, 0) is 30.0 Å². The van der Waals surface area contributed by atoms with Crippen LogP contribution in [0.15, 0.2) is 118 Å².